The molecule has 0 spiro atoms. The highest BCUT2D eigenvalue weighted by molar-refractivity contribution is 9.10. The van der Waals surface area contributed by atoms with Crippen LogP contribution in [0.5, 0.6) is 11.5 Å². The molecule has 0 bridgehead atoms. The maximum Gasteiger partial charge on any atom is 0.387 e. The summed E-state index contributed by atoms with van der Waals surface area (Å²) < 4.78 is 34.6. The SMILES string of the molecule is COc1ccc(NC(=O)c2cncc(Br)c2)cc1OC(F)F. The van der Waals surface area contributed by atoms with Crippen molar-refractivity contribution in [2.75, 3.05) is 12.4 Å². The maximum absolute atomic E-state index is 12.4. The second kappa shape index (κ2) is 7.17. The van der Waals surface area contributed by atoms with Gasteiger partial charge in [-0.15, -0.1) is 0 Å². The Morgan fingerprint density at radius 3 is 2.68 bits per heavy atom. The highest BCUT2D eigenvalue weighted by atomic mass is 79.9. The summed E-state index contributed by atoms with van der Waals surface area (Å²) in [5, 5.41) is 2.57. The van der Waals surface area contributed by atoms with E-state index >= 15 is 0 Å². The Morgan fingerprint density at radius 1 is 1.27 bits per heavy atom. The summed E-state index contributed by atoms with van der Waals surface area (Å²) in [6, 6.07) is 5.78. The van der Waals surface area contributed by atoms with Crippen molar-refractivity contribution in [3.8, 4) is 11.5 Å². The summed E-state index contributed by atoms with van der Waals surface area (Å²) >= 11 is 3.21. The van der Waals surface area contributed by atoms with Gasteiger partial charge in [-0.2, -0.15) is 8.78 Å². The molecule has 8 heteroatoms. The Labute approximate surface area is 133 Å². The van der Waals surface area contributed by atoms with Gasteiger partial charge in [-0.25, -0.2) is 0 Å². The molecule has 1 heterocycles. The van der Waals surface area contributed by atoms with Gasteiger partial charge in [-0.1, -0.05) is 0 Å². The summed E-state index contributed by atoms with van der Waals surface area (Å²) in [5.74, 6) is -0.452. The van der Waals surface area contributed by atoms with E-state index < -0.39 is 12.5 Å². The van der Waals surface area contributed by atoms with Crippen LogP contribution < -0.4 is 14.8 Å². The monoisotopic (exact) mass is 372 g/mol. The Kier molecular flexibility index (Phi) is 5.26. The minimum Gasteiger partial charge on any atom is -0.493 e. The molecule has 0 unspecified atom stereocenters. The summed E-state index contributed by atoms with van der Waals surface area (Å²) in [6.07, 6.45) is 2.93. The molecule has 1 aromatic carbocycles. The van der Waals surface area contributed by atoms with Crippen LogP contribution in [0.4, 0.5) is 14.5 Å². The smallest absolute Gasteiger partial charge is 0.387 e. The number of hydrogen-bond donors (Lipinski definition) is 1. The minimum atomic E-state index is -2.99. The van der Waals surface area contributed by atoms with E-state index in [1.165, 1.54) is 31.5 Å². The van der Waals surface area contributed by atoms with E-state index in [2.05, 4.69) is 31.0 Å². The number of anilines is 1. The number of benzene rings is 1. The molecule has 1 aromatic heterocycles. The van der Waals surface area contributed by atoms with Crippen molar-refractivity contribution in [3.05, 3.63) is 46.7 Å². The molecule has 1 N–H and O–H groups in total. The summed E-state index contributed by atoms with van der Waals surface area (Å²) in [7, 11) is 1.33. The summed E-state index contributed by atoms with van der Waals surface area (Å²) in [6.45, 7) is -2.99. The molecule has 0 saturated heterocycles. The average molecular weight is 373 g/mol. The molecular weight excluding hydrogens is 362 g/mol. The number of amides is 1. The van der Waals surface area contributed by atoms with Crippen molar-refractivity contribution in [3.63, 3.8) is 0 Å². The van der Waals surface area contributed by atoms with Crippen molar-refractivity contribution >= 4 is 27.5 Å². The van der Waals surface area contributed by atoms with Crippen molar-refractivity contribution < 1.29 is 23.0 Å². The fourth-order valence-corrected chi connectivity index (χ4v) is 2.05. The van der Waals surface area contributed by atoms with Gasteiger partial charge in [0, 0.05) is 28.6 Å². The topological polar surface area (TPSA) is 60.5 Å². The van der Waals surface area contributed by atoms with E-state index in [9.17, 15) is 13.6 Å². The average Bonchev–Trinajstić information content (AvgIpc) is 2.47. The number of carbonyl (C=O) groups excluding carboxylic acids is 1. The third-order valence-corrected chi connectivity index (χ3v) is 3.04. The first kappa shape index (κ1) is 16.2. The third-order valence-electron chi connectivity index (χ3n) is 2.60. The molecule has 0 radical (unpaired) electrons. The van der Waals surface area contributed by atoms with Crippen molar-refractivity contribution in [2.45, 2.75) is 6.61 Å². The number of pyridine rings is 1. The van der Waals surface area contributed by atoms with Crippen LogP contribution in [0.2, 0.25) is 0 Å². The molecule has 0 atom stereocenters. The van der Waals surface area contributed by atoms with Gasteiger partial charge in [0.25, 0.3) is 5.91 Å². The largest absolute Gasteiger partial charge is 0.493 e. The molecule has 0 fully saturated rings. The zero-order chi connectivity index (χ0) is 16.1. The lowest BCUT2D eigenvalue weighted by atomic mass is 10.2. The lowest BCUT2D eigenvalue weighted by molar-refractivity contribution is -0.0511. The summed E-state index contributed by atoms with van der Waals surface area (Å²) in [4.78, 5) is 15.9. The van der Waals surface area contributed by atoms with Gasteiger partial charge in [-0.05, 0) is 34.1 Å². The normalized spacial score (nSPS) is 10.4. The highest BCUT2D eigenvalue weighted by Crippen LogP contribution is 2.31. The van der Waals surface area contributed by atoms with Crippen LogP contribution in [0.3, 0.4) is 0 Å². The van der Waals surface area contributed by atoms with Gasteiger partial charge >= 0.3 is 6.61 Å². The van der Waals surface area contributed by atoms with Gasteiger partial charge in [0.15, 0.2) is 11.5 Å². The molecule has 5 nitrogen and oxygen atoms in total. The van der Waals surface area contributed by atoms with Crippen molar-refractivity contribution in [2.24, 2.45) is 0 Å². The van der Waals surface area contributed by atoms with Crippen molar-refractivity contribution in [1.29, 1.82) is 0 Å². The zero-order valence-electron chi connectivity index (χ0n) is 11.3. The number of alkyl halides is 2. The molecule has 0 aliphatic heterocycles. The molecule has 22 heavy (non-hydrogen) atoms. The van der Waals surface area contributed by atoms with Gasteiger partial charge < -0.3 is 14.8 Å². The number of carbonyl (C=O) groups is 1. The van der Waals surface area contributed by atoms with Gasteiger partial charge in [-0.3, -0.25) is 9.78 Å². The number of rotatable bonds is 5. The number of aromatic nitrogens is 1. The van der Waals surface area contributed by atoms with Crippen LogP contribution in [0, 0.1) is 0 Å². The molecule has 0 saturated carbocycles. The summed E-state index contributed by atoms with van der Waals surface area (Å²) in [5.41, 5.74) is 0.614. The molecule has 1 amide bonds. The van der Waals surface area contributed by atoms with E-state index in [-0.39, 0.29) is 11.5 Å². The third kappa shape index (κ3) is 4.14. The Hall–Kier alpha value is -2.22. The Bertz CT molecular complexity index is 683. The molecule has 0 aliphatic carbocycles. The predicted molar refractivity (Wildman–Crippen MR) is 79.5 cm³/mol. The second-order valence-electron chi connectivity index (χ2n) is 4.09. The fraction of sp³-hybridized carbons (Fsp3) is 0.143. The quantitative estimate of drug-likeness (QED) is 0.868. The van der Waals surface area contributed by atoms with Gasteiger partial charge in [0.2, 0.25) is 0 Å². The first-order chi connectivity index (χ1) is 10.5. The van der Waals surface area contributed by atoms with E-state index in [4.69, 9.17) is 4.74 Å². The minimum absolute atomic E-state index is 0.141. The van der Waals surface area contributed by atoms with Gasteiger partial charge in [0.1, 0.15) is 0 Å². The standard InChI is InChI=1S/C14H11BrF2N2O3/c1-21-11-3-2-10(5-12(11)22-14(16)17)19-13(20)8-4-9(15)7-18-6-8/h2-7,14H,1H3,(H,19,20). The molecule has 2 rings (SSSR count). The van der Waals surface area contributed by atoms with Crippen molar-refractivity contribution in [1.82, 2.24) is 4.98 Å². The number of methoxy groups -OCH3 is 1. The number of halogens is 3. The second-order valence-corrected chi connectivity index (χ2v) is 5.01. The predicted octanol–water partition coefficient (Wildman–Crippen LogP) is 3.71. The zero-order valence-corrected chi connectivity index (χ0v) is 12.9. The molecule has 116 valence electrons. The maximum atomic E-state index is 12.4. The fourth-order valence-electron chi connectivity index (χ4n) is 1.68. The van der Waals surface area contributed by atoms with Crippen LogP contribution in [-0.2, 0) is 0 Å². The van der Waals surface area contributed by atoms with E-state index in [0.717, 1.165) is 0 Å². The number of nitrogens with zero attached hydrogens (tertiary/aromatic N) is 1. The van der Waals surface area contributed by atoms with Crippen LogP contribution in [-0.4, -0.2) is 24.6 Å². The van der Waals surface area contributed by atoms with E-state index in [1.54, 1.807) is 12.3 Å². The van der Waals surface area contributed by atoms with E-state index in [0.29, 0.717) is 15.7 Å². The molecular formula is C14H11BrF2N2O3. The number of nitrogens with one attached hydrogen (secondary N) is 1. The first-order valence-corrected chi connectivity index (χ1v) is 6.83. The Balaban J connectivity index is 2.20. The first-order valence-electron chi connectivity index (χ1n) is 6.04. The van der Waals surface area contributed by atoms with Crippen LogP contribution >= 0.6 is 15.9 Å². The number of ether oxygens (including phenoxy) is 2. The number of hydrogen-bond acceptors (Lipinski definition) is 4. The lowest BCUT2D eigenvalue weighted by Gasteiger charge is -2.12. The highest BCUT2D eigenvalue weighted by Gasteiger charge is 2.13. The van der Waals surface area contributed by atoms with E-state index in [1.807, 2.05) is 0 Å². The van der Waals surface area contributed by atoms with Crippen LogP contribution in [0.1, 0.15) is 10.4 Å². The van der Waals surface area contributed by atoms with Crippen LogP contribution in [0.15, 0.2) is 41.1 Å². The molecule has 0 aliphatic rings. The molecule has 2 aromatic rings. The van der Waals surface area contributed by atoms with Crippen LogP contribution in [0.25, 0.3) is 0 Å². The van der Waals surface area contributed by atoms with Gasteiger partial charge in [0.05, 0.1) is 12.7 Å². The Morgan fingerprint density at radius 2 is 2.05 bits per heavy atom. The lowest BCUT2D eigenvalue weighted by Crippen LogP contribution is -2.12.